The number of likely N-dealkylation sites (tertiary alicyclic amines) is 1. The van der Waals surface area contributed by atoms with Gasteiger partial charge < -0.3 is 20.5 Å². The van der Waals surface area contributed by atoms with Crippen molar-refractivity contribution >= 4 is 28.6 Å². The highest BCUT2D eigenvalue weighted by Gasteiger charge is 2.34. The molecule has 3 aromatic rings. The number of para-hydroxylation sites is 1. The molecule has 0 bridgehead atoms. The summed E-state index contributed by atoms with van der Waals surface area (Å²) in [5, 5.41) is 6.51. The second-order valence-electron chi connectivity index (χ2n) is 7.46. The van der Waals surface area contributed by atoms with Crippen LogP contribution in [0.5, 0.6) is 0 Å². The van der Waals surface area contributed by atoms with Gasteiger partial charge in [0.25, 0.3) is 5.91 Å². The molecule has 2 heterocycles. The lowest BCUT2D eigenvalue weighted by atomic mass is 10.1. The third-order valence-corrected chi connectivity index (χ3v) is 5.35. The van der Waals surface area contributed by atoms with Crippen molar-refractivity contribution in [1.29, 1.82) is 0 Å². The molecular weight excluding hydrogens is 380 g/mol. The third kappa shape index (κ3) is 4.35. The smallest absolute Gasteiger partial charge is 0.253 e. The van der Waals surface area contributed by atoms with Crippen molar-refractivity contribution in [2.24, 2.45) is 5.92 Å². The minimum Gasteiger partial charge on any atom is -0.360 e. The Hall–Kier alpha value is -3.61. The average Bonchev–Trinajstić information content (AvgIpc) is 3.35. The minimum atomic E-state index is -0.356. The van der Waals surface area contributed by atoms with Crippen LogP contribution in [0.3, 0.4) is 0 Å². The van der Waals surface area contributed by atoms with E-state index in [0.29, 0.717) is 31.7 Å². The van der Waals surface area contributed by atoms with E-state index >= 15 is 0 Å². The molecule has 1 fully saturated rings. The molecule has 0 saturated carbocycles. The first-order chi connectivity index (χ1) is 14.6. The molecule has 0 spiro atoms. The Bertz CT molecular complexity index is 1060. The van der Waals surface area contributed by atoms with Crippen LogP contribution in [0.15, 0.2) is 60.8 Å². The van der Waals surface area contributed by atoms with Crippen LogP contribution in [-0.4, -0.2) is 47.2 Å². The number of fused-ring (bicyclic) bond motifs is 1. The van der Waals surface area contributed by atoms with Crippen molar-refractivity contribution in [2.75, 3.05) is 19.6 Å². The summed E-state index contributed by atoms with van der Waals surface area (Å²) in [5.41, 5.74) is 2.53. The maximum Gasteiger partial charge on any atom is 0.253 e. The fourth-order valence-electron chi connectivity index (χ4n) is 3.77. The monoisotopic (exact) mass is 404 g/mol. The number of aromatic nitrogens is 1. The van der Waals surface area contributed by atoms with Gasteiger partial charge in [-0.2, -0.15) is 0 Å². The second-order valence-corrected chi connectivity index (χ2v) is 7.46. The molecule has 1 unspecified atom stereocenters. The molecule has 3 amide bonds. The molecule has 30 heavy (non-hydrogen) atoms. The van der Waals surface area contributed by atoms with Crippen molar-refractivity contribution < 1.29 is 14.4 Å². The van der Waals surface area contributed by atoms with Crippen molar-refractivity contribution in [3.63, 3.8) is 0 Å². The van der Waals surface area contributed by atoms with Gasteiger partial charge in [0.2, 0.25) is 11.8 Å². The number of benzene rings is 2. The van der Waals surface area contributed by atoms with Gasteiger partial charge in [0.05, 0.1) is 11.5 Å². The number of amides is 3. The predicted octanol–water partition coefficient (Wildman–Crippen LogP) is 2.06. The van der Waals surface area contributed by atoms with Crippen molar-refractivity contribution in [3.05, 3.63) is 71.9 Å². The topological polar surface area (TPSA) is 94.3 Å². The highest BCUT2D eigenvalue weighted by Crippen LogP contribution is 2.20. The van der Waals surface area contributed by atoms with Crippen LogP contribution in [0, 0.1) is 5.92 Å². The molecule has 1 saturated heterocycles. The zero-order valence-corrected chi connectivity index (χ0v) is 16.6. The van der Waals surface area contributed by atoms with E-state index in [4.69, 9.17) is 0 Å². The van der Waals surface area contributed by atoms with Gasteiger partial charge in [0, 0.05) is 49.7 Å². The fourth-order valence-corrected chi connectivity index (χ4v) is 3.77. The van der Waals surface area contributed by atoms with Crippen LogP contribution in [0.25, 0.3) is 10.9 Å². The molecule has 1 aliphatic rings. The Morgan fingerprint density at radius 1 is 1.00 bits per heavy atom. The lowest BCUT2D eigenvalue weighted by Crippen LogP contribution is -2.38. The largest absolute Gasteiger partial charge is 0.360 e. The lowest BCUT2D eigenvalue weighted by Gasteiger charge is -2.16. The van der Waals surface area contributed by atoms with Crippen LogP contribution in [0.1, 0.15) is 22.3 Å². The highest BCUT2D eigenvalue weighted by atomic mass is 16.2. The van der Waals surface area contributed by atoms with E-state index in [1.165, 1.54) is 0 Å². The van der Waals surface area contributed by atoms with Crippen molar-refractivity contribution in [1.82, 2.24) is 20.5 Å². The van der Waals surface area contributed by atoms with Gasteiger partial charge in [0.1, 0.15) is 0 Å². The number of nitrogens with one attached hydrogen (secondary N) is 3. The first-order valence-electron chi connectivity index (χ1n) is 10.1. The third-order valence-electron chi connectivity index (χ3n) is 5.35. The summed E-state index contributed by atoms with van der Waals surface area (Å²) in [6.07, 6.45) is 1.91. The van der Waals surface area contributed by atoms with Gasteiger partial charge in [-0.25, -0.2) is 0 Å². The van der Waals surface area contributed by atoms with E-state index in [0.717, 1.165) is 16.5 Å². The molecule has 1 aromatic heterocycles. The van der Waals surface area contributed by atoms with E-state index in [-0.39, 0.29) is 30.1 Å². The van der Waals surface area contributed by atoms with E-state index in [1.807, 2.05) is 54.6 Å². The summed E-state index contributed by atoms with van der Waals surface area (Å²) in [5.74, 6) is -0.704. The molecule has 7 nitrogen and oxygen atoms in total. The van der Waals surface area contributed by atoms with Crippen LogP contribution in [-0.2, 0) is 16.1 Å². The maximum atomic E-state index is 12.4. The summed E-state index contributed by atoms with van der Waals surface area (Å²) in [6.45, 7) is 1.57. The van der Waals surface area contributed by atoms with Crippen LogP contribution >= 0.6 is 0 Å². The summed E-state index contributed by atoms with van der Waals surface area (Å²) < 4.78 is 0. The normalized spacial score (nSPS) is 16.1. The van der Waals surface area contributed by atoms with E-state index in [2.05, 4.69) is 15.6 Å². The fraction of sp³-hybridized carbons (Fsp3) is 0.261. The number of hydrogen-bond donors (Lipinski definition) is 3. The molecule has 154 valence electrons. The average molecular weight is 404 g/mol. The first kappa shape index (κ1) is 19.7. The summed E-state index contributed by atoms with van der Waals surface area (Å²) in [6, 6.07) is 17.3. The van der Waals surface area contributed by atoms with Gasteiger partial charge in [-0.15, -0.1) is 0 Å². The lowest BCUT2D eigenvalue weighted by molar-refractivity contribution is -0.129. The van der Waals surface area contributed by atoms with Crippen LogP contribution < -0.4 is 10.6 Å². The van der Waals surface area contributed by atoms with Gasteiger partial charge in [0.15, 0.2) is 0 Å². The number of carbonyl (C=O) groups is 3. The van der Waals surface area contributed by atoms with E-state index in [1.54, 1.807) is 11.1 Å². The Morgan fingerprint density at radius 3 is 2.57 bits per heavy atom. The standard InChI is InChI=1S/C23H24N4O3/c28-21-12-17(15-27(21)14-16-6-2-1-3-7-16)22(29)24-10-11-25-23(30)19-13-26-20-9-5-4-8-18(19)20/h1-9,13,17,26H,10-12,14-15H2,(H,24,29)(H,25,30). The van der Waals surface area contributed by atoms with Gasteiger partial charge >= 0.3 is 0 Å². The number of H-pyrrole nitrogens is 1. The van der Waals surface area contributed by atoms with E-state index in [9.17, 15) is 14.4 Å². The summed E-state index contributed by atoms with van der Waals surface area (Å²) >= 11 is 0. The highest BCUT2D eigenvalue weighted by molar-refractivity contribution is 6.06. The number of nitrogens with zero attached hydrogens (tertiary/aromatic N) is 1. The molecule has 0 radical (unpaired) electrons. The molecule has 7 heteroatoms. The van der Waals surface area contributed by atoms with Gasteiger partial charge in [-0.3, -0.25) is 14.4 Å². The zero-order chi connectivity index (χ0) is 20.9. The molecule has 2 aromatic carbocycles. The SMILES string of the molecule is O=C(NCCNC(=O)C1CC(=O)N(Cc2ccccc2)C1)c1c[nH]c2ccccc12. The predicted molar refractivity (Wildman–Crippen MR) is 114 cm³/mol. The molecule has 3 N–H and O–H groups in total. The molecule has 1 aliphatic heterocycles. The first-order valence-corrected chi connectivity index (χ1v) is 10.1. The molecule has 0 aliphatic carbocycles. The second kappa shape index (κ2) is 8.82. The maximum absolute atomic E-state index is 12.4. The Balaban J connectivity index is 1.22. The Kier molecular flexibility index (Phi) is 5.79. The van der Waals surface area contributed by atoms with Gasteiger partial charge in [-0.05, 0) is 11.6 Å². The summed E-state index contributed by atoms with van der Waals surface area (Å²) in [4.78, 5) is 41.8. The molecule has 1 atom stereocenters. The van der Waals surface area contributed by atoms with Crippen molar-refractivity contribution in [2.45, 2.75) is 13.0 Å². The molecular formula is C23H24N4O3. The number of carbonyl (C=O) groups excluding carboxylic acids is 3. The number of rotatable bonds is 7. The quantitative estimate of drug-likeness (QED) is 0.526. The number of aromatic amines is 1. The Morgan fingerprint density at radius 2 is 1.73 bits per heavy atom. The summed E-state index contributed by atoms with van der Waals surface area (Å²) in [7, 11) is 0. The van der Waals surface area contributed by atoms with Gasteiger partial charge in [-0.1, -0.05) is 48.5 Å². The van der Waals surface area contributed by atoms with E-state index < -0.39 is 0 Å². The minimum absolute atomic E-state index is 0.00774. The van der Waals surface area contributed by atoms with Crippen LogP contribution in [0.4, 0.5) is 0 Å². The van der Waals surface area contributed by atoms with Crippen molar-refractivity contribution in [3.8, 4) is 0 Å². The zero-order valence-electron chi connectivity index (χ0n) is 16.6. The molecule has 4 rings (SSSR count). The Labute approximate surface area is 174 Å². The number of hydrogen-bond acceptors (Lipinski definition) is 3. The van der Waals surface area contributed by atoms with Crippen LogP contribution in [0.2, 0.25) is 0 Å².